The molecule has 32 heavy (non-hydrogen) atoms. The summed E-state index contributed by atoms with van der Waals surface area (Å²) >= 11 is 0. The molecular weight excluding hydrogens is 434 g/mol. The fourth-order valence-corrected chi connectivity index (χ4v) is 5.13. The van der Waals surface area contributed by atoms with Gasteiger partial charge in [0.2, 0.25) is 10.0 Å². The smallest absolute Gasteiger partial charge is 0.276 e. The van der Waals surface area contributed by atoms with Crippen molar-refractivity contribution >= 4 is 33.3 Å². The number of nitrogens with one attached hydrogen (secondary N) is 3. The summed E-state index contributed by atoms with van der Waals surface area (Å²) in [5, 5.41) is 5.94. The third-order valence-electron chi connectivity index (χ3n) is 5.53. The fraction of sp³-hybridized carbons (Fsp3) is 0.500. The number of nitrogens with zero attached hydrogens (tertiary/aromatic N) is 3. The Hall–Kier alpha value is -2.99. The second kappa shape index (κ2) is 8.87. The standard InChI is InChI=1S/C18H23N7O4S.C2H6/c1-10-7-12(22-14-8-13(19)20-9-21-14)17(27)25-15(10)16(26)23-18(25)5-3-11(4-6-18)24-30(2,28)29;1-2/h7-9,11,24H,3-6H2,1-2H3,(H,23,26)(H3,19,20,21,22);1-2H3. The number of pyridine rings is 1. The zero-order chi connectivity index (χ0) is 23.7. The van der Waals surface area contributed by atoms with Gasteiger partial charge in [0.25, 0.3) is 11.5 Å². The molecule has 11 nitrogen and oxygen atoms in total. The quantitative estimate of drug-likeness (QED) is 0.526. The number of sulfonamides is 1. The van der Waals surface area contributed by atoms with Crippen LogP contribution in [0.15, 0.2) is 23.3 Å². The van der Waals surface area contributed by atoms with Crippen LogP contribution in [0.25, 0.3) is 0 Å². The Labute approximate surface area is 186 Å². The van der Waals surface area contributed by atoms with Crippen molar-refractivity contribution in [3.8, 4) is 0 Å². The maximum absolute atomic E-state index is 13.4. The van der Waals surface area contributed by atoms with Crippen LogP contribution in [0, 0.1) is 6.92 Å². The minimum absolute atomic E-state index is 0.228. The molecule has 1 fully saturated rings. The molecule has 2 aromatic heterocycles. The lowest BCUT2D eigenvalue weighted by Crippen LogP contribution is -2.52. The molecule has 4 rings (SSSR count). The Bertz CT molecular complexity index is 1180. The number of anilines is 3. The van der Waals surface area contributed by atoms with Crippen LogP contribution >= 0.6 is 0 Å². The number of rotatable bonds is 4. The third kappa shape index (κ3) is 4.60. The molecular formula is C20H29N7O4S. The summed E-state index contributed by atoms with van der Waals surface area (Å²) in [4.78, 5) is 33.9. The Morgan fingerprint density at radius 1 is 1.19 bits per heavy atom. The lowest BCUT2D eigenvalue weighted by Gasteiger charge is -2.38. The number of nitrogens with two attached hydrogens (primary N) is 1. The van der Waals surface area contributed by atoms with Gasteiger partial charge in [0.15, 0.2) is 0 Å². The number of nitrogen functional groups attached to an aromatic ring is 1. The van der Waals surface area contributed by atoms with E-state index >= 15 is 0 Å². The molecule has 0 unspecified atom stereocenters. The van der Waals surface area contributed by atoms with Gasteiger partial charge in [-0.3, -0.25) is 14.2 Å². The highest BCUT2D eigenvalue weighted by atomic mass is 32.2. The van der Waals surface area contributed by atoms with E-state index in [1.807, 2.05) is 13.8 Å². The van der Waals surface area contributed by atoms with Crippen molar-refractivity contribution in [1.29, 1.82) is 0 Å². The topological polar surface area (TPSA) is 161 Å². The molecule has 1 amide bonds. The second-order valence-corrected chi connectivity index (χ2v) is 9.61. The van der Waals surface area contributed by atoms with Crippen LogP contribution in [0.3, 0.4) is 0 Å². The predicted molar refractivity (Wildman–Crippen MR) is 122 cm³/mol. The minimum Gasteiger partial charge on any atom is -0.384 e. The van der Waals surface area contributed by atoms with Crippen LogP contribution in [-0.2, 0) is 15.7 Å². The first kappa shape index (κ1) is 23.7. The van der Waals surface area contributed by atoms with E-state index in [4.69, 9.17) is 5.73 Å². The summed E-state index contributed by atoms with van der Waals surface area (Å²) in [7, 11) is -3.33. The summed E-state index contributed by atoms with van der Waals surface area (Å²) in [6, 6.07) is 2.89. The molecule has 2 aromatic rings. The van der Waals surface area contributed by atoms with Crippen molar-refractivity contribution in [1.82, 2.24) is 24.6 Å². The maximum atomic E-state index is 13.4. The number of hydrogen-bond donors (Lipinski definition) is 4. The van der Waals surface area contributed by atoms with Gasteiger partial charge in [-0.15, -0.1) is 0 Å². The zero-order valence-electron chi connectivity index (χ0n) is 18.6. The molecule has 0 saturated heterocycles. The number of fused-ring (bicyclic) bond motifs is 2. The van der Waals surface area contributed by atoms with E-state index in [9.17, 15) is 18.0 Å². The Morgan fingerprint density at radius 2 is 1.84 bits per heavy atom. The van der Waals surface area contributed by atoms with Gasteiger partial charge in [-0.2, -0.15) is 0 Å². The Morgan fingerprint density at radius 3 is 2.44 bits per heavy atom. The number of hydrogen-bond acceptors (Lipinski definition) is 8. The van der Waals surface area contributed by atoms with Crippen LogP contribution in [0.5, 0.6) is 0 Å². The predicted octanol–water partition coefficient (Wildman–Crippen LogP) is 1.19. The average molecular weight is 464 g/mol. The Balaban J connectivity index is 0.00000141. The highest BCUT2D eigenvalue weighted by Gasteiger charge is 2.47. The Kier molecular flexibility index (Phi) is 6.56. The van der Waals surface area contributed by atoms with E-state index < -0.39 is 15.7 Å². The molecule has 1 spiro atoms. The number of amides is 1. The number of carbonyl (C=O) groups is 1. The first-order valence-corrected chi connectivity index (χ1v) is 12.4. The second-order valence-electron chi connectivity index (χ2n) is 7.83. The normalized spacial score (nSPS) is 22.0. The van der Waals surface area contributed by atoms with Crippen LogP contribution < -0.4 is 26.6 Å². The molecule has 1 aliphatic heterocycles. The fourth-order valence-electron chi connectivity index (χ4n) is 4.29. The minimum atomic E-state index is -3.33. The first-order valence-electron chi connectivity index (χ1n) is 10.5. The van der Waals surface area contributed by atoms with Crippen molar-refractivity contribution in [3.63, 3.8) is 0 Å². The van der Waals surface area contributed by atoms with E-state index in [0.29, 0.717) is 42.8 Å². The van der Waals surface area contributed by atoms with Gasteiger partial charge in [0.05, 0.1) is 6.26 Å². The van der Waals surface area contributed by atoms with Crippen LogP contribution in [0.2, 0.25) is 0 Å². The van der Waals surface area contributed by atoms with Gasteiger partial charge < -0.3 is 16.4 Å². The number of aromatic nitrogens is 3. The van der Waals surface area contributed by atoms with Crippen molar-refractivity contribution in [2.45, 2.75) is 58.2 Å². The summed E-state index contributed by atoms with van der Waals surface area (Å²) in [6.45, 7) is 5.76. The lowest BCUT2D eigenvalue weighted by molar-refractivity contribution is 0.0862. The molecule has 3 heterocycles. The largest absolute Gasteiger partial charge is 0.384 e. The monoisotopic (exact) mass is 463 g/mol. The van der Waals surface area contributed by atoms with E-state index in [1.54, 1.807) is 13.0 Å². The highest BCUT2D eigenvalue weighted by Crippen LogP contribution is 2.37. The van der Waals surface area contributed by atoms with E-state index in [2.05, 4.69) is 25.3 Å². The molecule has 12 heteroatoms. The summed E-state index contributed by atoms with van der Waals surface area (Å²) in [5.74, 6) is 0.319. The highest BCUT2D eigenvalue weighted by molar-refractivity contribution is 7.88. The van der Waals surface area contributed by atoms with Gasteiger partial charge in [0, 0.05) is 12.1 Å². The molecule has 174 valence electrons. The van der Waals surface area contributed by atoms with Crippen molar-refractivity contribution in [2.75, 3.05) is 17.3 Å². The van der Waals surface area contributed by atoms with Gasteiger partial charge in [-0.1, -0.05) is 13.8 Å². The average Bonchev–Trinajstić information content (AvgIpc) is 3.01. The molecule has 0 radical (unpaired) electrons. The lowest BCUT2D eigenvalue weighted by atomic mass is 9.86. The SMILES string of the molecule is CC.Cc1cc(Nc2cc(N)ncn2)c(=O)n2c1C(=O)NC21CCC(NS(C)(=O)=O)CC1. The summed E-state index contributed by atoms with van der Waals surface area (Å²) < 4.78 is 27.2. The van der Waals surface area contributed by atoms with Gasteiger partial charge >= 0.3 is 0 Å². The molecule has 0 atom stereocenters. The summed E-state index contributed by atoms with van der Waals surface area (Å²) in [6.07, 6.45) is 4.27. The van der Waals surface area contributed by atoms with E-state index in [-0.39, 0.29) is 29.0 Å². The number of aryl methyl sites for hydroxylation is 1. The van der Waals surface area contributed by atoms with Crippen molar-refractivity contribution in [2.24, 2.45) is 0 Å². The van der Waals surface area contributed by atoms with Gasteiger partial charge in [0.1, 0.15) is 35.0 Å². The third-order valence-corrected chi connectivity index (χ3v) is 6.29. The first-order chi connectivity index (χ1) is 15.1. The molecule has 5 N–H and O–H groups in total. The number of carbonyl (C=O) groups excluding carboxylic acids is 1. The van der Waals surface area contributed by atoms with Gasteiger partial charge in [-0.05, 0) is 44.2 Å². The molecule has 1 aliphatic carbocycles. The molecule has 2 aliphatic rings. The maximum Gasteiger partial charge on any atom is 0.276 e. The molecule has 0 bridgehead atoms. The van der Waals surface area contributed by atoms with E-state index in [0.717, 1.165) is 6.26 Å². The molecule has 0 aromatic carbocycles. The molecule has 1 saturated carbocycles. The van der Waals surface area contributed by atoms with Gasteiger partial charge in [-0.25, -0.2) is 23.1 Å². The van der Waals surface area contributed by atoms with Crippen LogP contribution in [-0.4, -0.2) is 41.2 Å². The van der Waals surface area contributed by atoms with Crippen molar-refractivity contribution in [3.05, 3.63) is 40.1 Å². The van der Waals surface area contributed by atoms with E-state index in [1.165, 1.54) is 17.0 Å². The zero-order valence-corrected chi connectivity index (χ0v) is 19.4. The summed E-state index contributed by atoms with van der Waals surface area (Å²) in [5.41, 5.74) is 5.67. The van der Waals surface area contributed by atoms with Crippen molar-refractivity contribution < 1.29 is 13.2 Å². The van der Waals surface area contributed by atoms with Crippen LogP contribution in [0.1, 0.15) is 55.6 Å². The van der Waals surface area contributed by atoms with Crippen LogP contribution in [0.4, 0.5) is 17.3 Å².